The molecule has 4 aliphatic rings. The van der Waals surface area contributed by atoms with Crippen LogP contribution in [0.5, 0.6) is 5.75 Å². The first kappa shape index (κ1) is 19.0. The quantitative estimate of drug-likeness (QED) is 0.883. The van der Waals surface area contributed by atoms with Crippen LogP contribution in [0.1, 0.15) is 46.5 Å². The summed E-state index contributed by atoms with van der Waals surface area (Å²) in [4.78, 5) is 26.1. The van der Waals surface area contributed by atoms with Gasteiger partial charge in [-0.05, 0) is 61.8 Å². The Balaban J connectivity index is 2.05. The Labute approximate surface area is 159 Å². The SMILES string of the molecule is CCN(CC)C(=O)Oc1c2ccc(c1C(=O)O)CCc1ccc(cc1)CC2. The molecule has 4 bridgehead atoms. The lowest BCUT2D eigenvalue weighted by Gasteiger charge is -2.22. The maximum Gasteiger partial charge on any atom is 0.415 e. The van der Waals surface area contributed by atoms with Gasteiger partial charge in [0.1, 0.15) is 5.56 Å². The summed E-state index contributed by atoms with van der Waals surface area (Å²) >= 11 is 0. The van der Waals surface area contributed by atoms with Gasteiger partial charge in [0, 0.05) is 13.1 Å². The van der Waals surface area contributed by atoms with Gasteiger partial charge in [0.05, 0.1) is 0 Å². The van der Waals surface area contributed by atoms with Crippen molar-refractivity contribution >= 4 is 12.1 Å². The van der Waals surface area contributed by atoms with Crippen LogP contribution in [-0.2, 0) is 25.7 Å². The number of nitrogens with zero attached hydrogens (tertiary/aromatic N) is 1. The second kappa shape index (κ2) is 8.25. The molecule has 2 aromatic rings. The molecule has 0 aromatic heterocycles. The fourth-order valence-corrected chi connectivity index (χ4v) is 3.49. The van der Waals surface area contributed by atoms with Gasteiger partial charge in [0.25, 0.3) is 0 Å². The summed E-state index contributed by atoms with van der Waals surface area (Å²) in [7, 11) is 0. The third kappa shape index (κ3) is 4.13. The zero-order valence-corrected chi connectivity index (χ0v) is 15.8. The van der Waals surface area contributed by atoms with E-state index < -0.39 is 12.1 Å². The smallest absolute Gasteiger partial charge is 0.415 e. The predicted molar refractivity (Wildman–Crippen MR) is 104 cm³/mol. The highest BCUT2D eigenvalue weighted by Crippen LogP contribution is 2.31. The Morgan fingerprint density at radius 2 is 1.41 bits per heavy atom. The summed E-state index contributed by atoms with van der Waals surface area (Å²) in [5.74, 6) is -0.855. The van der Waals surface area contributed by atoms with Crippen molar-refractivity contribution in [1.82, 2.24) is 4.90 Å². The van der Waals surface area contributed by atoms with Gasteiger partial charge in [-0.2, -0.15) is 0 Å². The molecule has 5 nitrogen and oxygen atoms in total. The lowest BCUT2D eigenvalue weighted by molar-refractivity contribution is 0.0691. The van der Waals surface area contributed by atoms with Crippen molar-refractivity contribution in [1.29, 1.82) is 0 Å². The lowest BCUT2D eigenvalue weighted by atomic mass is 9.92. The van der Waals surface area contributed by atoms with Crippen molar-refractivity contribution in [3.8, 4) is 5.75 Å². The summed E-state index contributed by atoms with van der Waals surface area (Å²) < 4.78 is 5.65. The zero-order chi connectivity index (χ0) is 19.4. The molecule has 0 saturated carbocycles. The molecule has 142 valence electrons. The molecule has 1 N–H and O–H groups in total. The van der Waals surface area contributed by atoms with E-state index in [1.807, 2.05) is 26.0 Å². The summed E-state index contributed by atoms with van der Waals surface area (Å²) in [5.41, 5.74) is 3.91. The molecule has 0 radical (unpaired) electrons. The third-order valence-corrected chi connectivity index (χ3v) is 5.14. The van der Waals surface area contributed by atoms with Crippen molar-refractivity contribution in [2.24, 2.45) is 0 Å². The summed E-state index contributed by atoms with van der Waals surface area (Å²) in [5, 5.41) is 9.86. The number of rotatable bonds is 4. The van der Waals surface area contributed by atoms with Crippen LogP contribution in [0.4, 0.5) is 4.79 Å². The summed E-state index contributed by atoms with van der Waals surface area (Å²) in [6.07, 6.45) is 2.19. The number of hydrogen-bond acceptors (Lipinski definition) is 3. The molecule has 1 amide bonds. The van der Waals surface area contributed by atoms with Gasteiger partial charge in [-0.3, -0.25) is 0 Å². The van der Waals surface area contributed by atoms with E-state index in [0.717, 1.165) is 18.4 Å². The predicted octanol–water partition coefficient (Wildman–Crippen LogP) is 4.11. The van der Waals surface area contributed by atoms with E-state index in [-0.39, 0.29) is 11.3 Å². The normalized spacial score (nSPS) is 13.0. The molecule has 4 aliphatic carbocycles. The molecule has 5 heteroatoms. The van der Waals surface area contributed by atoms with E-state index in [2.05, 4.69) is 24.3 Å². The van der Waals surface area contributed by atoms with Crippen LogP contribution in [0.15, 0.2) is 36.4 Å². The first-order chi connectivity index (χ1) is 13.0. The van der Waals surface area contributed by atoms with Crippen LogP contribution in [0.2, 0.25) is 0 Å². The molecule has 0 saturated heterocycles. The van der Waals surface area contributed by atoms with E-state index in [9.17, 15) is 14.7 Å². The van der Waals surface area contributed by atoms with E-state index in [1.165, 1.54) is 11.1 Å². The number of amides is 1. The average Bonchev–Trinajstić information content (AvgIpc) is 2.65. The van der Waals surface area contributed by atoms with Crippen molar-refractivity contribution in [3.63, 3.8) is 0 Å². The molecule has 0 spiro atoms. The minimum atomic E-state index is -1.06. The van der Waals surface area contributed by atoms with E-state index >= 15 is 0 Å². The van der Waals surface area contributed by atoms with E-state index in [4.69, 9.17) is 4.74 Å². The molecular weight excluding hydrogens is 342 g/mol. The van der Waals surface area contributed by atoms with Crippen molar-refractivity contribution in [2.45, 2.75) is 39.5 Å². The van der Waals surface area contributed by atoms with Crippen molar-refractivity contribution in [2.75, 3.05) is 13.1 Å². The molecular formula is C22H25NO4. The maximum atomic E-state index is 12.5. The molecule has 0 aliphatic heterocycles. The average molecular weight is 367 g/mol. The van der Waals surface area contributed by atoms with Gasteiger partial charge in [-0.1, -0.05) is 36.4 Å². The molecule has 2 aromatic carbocycles. The first-order valence-corrected chi connectivity index (χ1v) is 9.46. The second-order valence-corrected chi connectivity index (χ2v) is 6.75. The van der Waals surface area contributed by atoms with Gasteiger partial charge in [0.15, 0.2) is 5.75 Å². The summed E-state index contributed by atoms with van der Waals surface area (Å²) in [6, 6.07) is 12.2. The molecule has 0 fully saturated rings. The van der Waals surface area contributed by atoms with Gasteiger partial charge in [-0.15, -0.1) is 0 Å². The summed E-state index contributed by atoms with van der Waals surface area (Å²) in [6.45, 7) is 4.77. The number of carboxylic acids is 1. The van der Waals surface area contributed by atoms with Crippen LogP contribution in [-0.4, -0.2) is 35.2 Å². The maximum absolute atomic E-state index is 12.5. The Morgan fingerprint density at radius 1 is 0.889 bits per heavy atom. The van der Waals surface area contributed by atoms with Crippen LogP contribution in [0, 0.1) is 0 Å². The largest absolute Gasteiger partial charge is 0.478 e. The van der Waals surface area contributed by atoms with Gasteiger partial charge < -0.3 is 14.7 Å². The van der Waals surface area contributed by atoms with Gasteiger partial charge >= 0.3 is 12.1 Å². The zero-order valence-electron chi connectivity index (χ0n) is 15.8. The van der Waals surface area contributed by atoms with Crippen LogP contribution in [0.3, 0.4) is 0 Å². The molecule has 6 rings (SSSR count). The number of aromatic carboxylic acids is 1. The highest BCUT2D eigenvalue weighted by Gasteiger charge is 2.24. The van der Waals surface area contributed by atoms with Crippen LogP contribution < -0.4 is 4.74 Å². The van der Waals surface area contributed by atoms with Crippen LogP contribution >= 0.6 is 0 Å². The topological polar surface area (TPSA) is 66.8 Å². The third-order valence-electron chi connectivity index (χ3n) is 5.14. The Hall–Kier alpha value is -2.82. The fourth-order valence-electron chi connectivity index (χ4n) is 3.49. The number of carbonyl (C=O) groups is 2. The number of carboxylic acid groups (broad SMARTS) is 1. The number of hydrogen-bond donors (Lipinski definition) is 1. The standard InChI is InChI=1S/C22H25NO4/c1-3-23(4-2)22(26)27-20-18-12-10-16-7-5-15(6-8-16)9-11-17(13-14-18)19(20)21(24)25/h5-8,13-14H,3-4,9-12H2,1-2H3,(H,24,25). The lowest BCUT2D eigenvalue weighted by Crippen LogP contribution is -2.33. The molecule has 27 heavy (non-hydrogen) atoms. The van der Waals surface area contributed by atoms with E-state index in [1.54, 1.807) is 4.90 Å². The highest BCUT2D eigenvalue weighted by molar-refractivity contribution is 5.94. The Morgan fingerprint density at radius 3 is 1.93 bits per heavy atom. The Kier molecular flexibility index (Phi) is 5.79. The molecule has 0 unspecified atom stereocenters. The monoisotopic (exact) mass is 367 g/mol. The number of aryl methyl sites for hydroxylation is 4. The molecule has 0 heterocycles. The van der Waals surface area contributed by atoms with Crippen LogP contribution in [0.25, 0.3) is 0 Å². The second-order valence-electron chi connectivity index (χ2n) is 6.75. The van der Waals surface area contributed by atoms with Crippen molar-refractivity contribution < 1.29 is 19.4 Å². The van der Waals surface area contributed by atoms with E-state index in [0.29, 0.717) is 31.5 Å². The Bertz CT molecular complexity index is 838. The first-order valence-electron chi connectivity index (χ1n) is 9.46. The molecule has 0 atom stereocenters. The highest BCUT2D eigenvalue weighted by atomic mass is 16.6. The number of ether oxygens (including phenoxy) is 1. The minimum Gasteiger partial charge on any atom is -0.478 e. The number of carbonyl (C=O) groups excluding carboxylic acids is 1. The van der Waals surface area contributed by atoms with Crippen molar-refractivity contribution in [3.05, 3.63) is 64.2 Å². The van der Waals surface area contributed by atoms with Gasteiger partial charge in [0.2, 0.25) is 0 Å². The number of benzene rings is 2. The minimum absolute atomic E-state index is 0.114. The van der Waals surface area contributed by atoms with Gasteiger partial charge in [-0.25, -0.2) is 9.59 Å². The fraction of sp³-hybridized carbons (Fsp3) is 0.364.